The molecule has 8 N–H and O–H groups in total. The third-order valence-corrected chi connectivity index (χ3v) is 0.942. The lowest BCUT2D eigenvalue weighted by atomic mass is 10.4. The van der Waals surface area contributed by atoms with Crippen LogP contribution in [-0.2, 0) is 24.0 Å². The molecule has 0 aliphatic rings. The topological polar surface area (TPSA) is 225 Å². The highest BCUT2D eigenvalue weighted by atomic mass is 16.4. The van der Waals surface area contributed by atoms with E-state index in [2.05, 4.69) is 5.32 Å². The van der Waals surface area contributed by atoms with E-state index in [1.165, 1.54) is 6.92 Å². The molecule has 0 rings (SSSR count). The minimum Gasteiger partial charge on any atom is -0.481 e. The van der Waals surface area contributed by atoms with Gasteiger partial charge in [0.25, 0.3) is 11.9 Å². The van der Waals surface area contributed by atoms with E-state index in [0.717, 1.165) is 13.8 Å². The fourth-order valence-corrected chi connectivity index (χ4v) is 0.276. The monoisotopic (exact) mass is 342 g/mol. The summed E-state index contributed by atoms with van der Waals surface area (Å²) in [7, 11) is 0. The molecule has 1 atom stereocenters. The van der Waals surface area contributed by atoms with Crippen LogP contribution in [0.4, 0.5) is 0 Å². The van der Waals surface area contributed by atoms with Crippen LogP contribution in [0.25, 0.3) is 0 Å². The average molecular weight is 342 g/mol. The standard InChI is InChI=1S/C4H7NO4.C3H7NO2.2C2H4O2/c6-3(7)1-5-2-4(8)9;1-2(4)3(5)6;2*1-2(3)4/h5H,1-2H2,(H,6,7)(H,8,9);2H,4H2,1H3,(H,5,6);2*1H3,(H,3,4)/t;2-;;/m.0../s1. The second-order valence-corrected chi connectivity index (χ2v) is 3.56. The number of rotatable bonds is 5. The maximum atomic E-state index is 9.73. The molecule has 12 nitrogen and oxygen atoms in total. The van der Waals surface area contributed by atoms with Crippen molar-refractivity contribution >= 4 is 29.8 Å². The van der Waals surface area contributed by atoms with Gasteiger partial charge in [-0.3, -0.25) is 29.3 Å². The van der Waals surface area contributed by atoms with Gasteiger partial charge in [0.15, 0.2) is 0 Å². The highest BCUT2D eigenvalue weighted by molar-refractivity contribution is 5.72. The molecule has 0 aromatic rings. The maximum absolute atomic E-state index is 9.73. The highest BCUT2D eigenvalue weighted by Gasteiger charge is 1.99. The lowest BCUT2D eigenvalue weighted by Gasteiger charge is -1.93. The Labute approximate surface area is 131 Å². The molecule has 136 valence electrons. The molecule has 0 heterocycles. The molecule has 0 aromatic heterocycles. The first-order valence-electron chi connectivity index (χ1n) is 5.75. The Morgan fingerprint density at radius 3 is 1.09 bits per heavy atom. The predicted octanol–water partition coefficient (Wildman–Crippen LogP) is -1.65. The Hall–Kier alpha value is -2.73. The van der Waals surface area contributed by atoms with E-state index in [1.807, 2.05) is 0 Å². The first-order valence-corrected chi connectivity index (χ1v) is 5.75. The van der Waals surface area contributed by atoms with Crippen LogP contribution in [0.5, 0.6) is 0 Å². The van der Waals surface area contributed by atoms with E-state index < -0.39 is 35.9 Å². The second kappa shape index (κ2) is 19.3. The summed E-state index contributed by atoms with van der Waals surface area (Å²) in [5, 5.41) is 40.8. The average Bonchev–Trinajstić information content (AvgIpc) is 2.26. The van der Waals surface area contributed by atoms with Gasteiger partial charge >= 0.3 is 17.9 Å². The van der Waals surface area contributed by atoms with Gasteiger partial charge in [0.2, 0.25) is 0 Å². The van der Waals surface area contributed by atoms with Crippen LogP contribution in [0.3, 0.4) is 0 Å². The van der Waals surface area contributed by atoms with Crippen molar-refractivity contribution in [3.8, 4) is 0 Å². The van der Waals surface area contributed by atoms with E-state index in [-0.39, 0.29) is 13.1 Å². The van der Waals surface area contributed by atoms with Crippen LogP contribution in [0.1, 0.15) is 20.8 Å². The SMILES string of the molecule is CC(=O)O.CC(=O)O.C[C@H](N)C(=O)O.O=C(O)CNCC(=O)O. The Kier molecular flexibility index (Phi) is 23.8. The van der Waals surface area contributed by atoms with Crippen molar-refractivity contribution in [2.75, 3.05) is 13.1 Å². The van der Waals surface area contributed by atoms with Crippen molar-refractivity contribution in [2.45, 2.75) is 26.8 Å². The van der Waals surface area contributed by atoms with Crippen molar-refractivity contribution in [2.24, 2.45) is 5.73 Å². The molecule has 0 saturated heterocycles. The summed E-state index contributed by atoms with van der Waals surface area (Å²) in [6.45, 7) is 2.96. The summed E-state index contributed by atoms with van der Waals surface area (Å²) < 4.78 is 0. The summed E-state index contributed by atoms with van der Waals surface area (Å²) in [5.41, 5.74) is 4.84. The normalized spacial score (nSPS) is 9.22. The van der Waals surface area contributed by atoms with Gasteiger partial charge in [0, 0.05) is 13.8 Å². The number of carboxylic acids is 5. The zero-order valence-corrected chi connectivity index (χ0v) is 12.8. The zero-order valence-electron chi connectivity index (χ0n) is 12.8. The van der Waals surface area contributed by atoms with E-state index in [4.69, 9.17) is 40.9 Å². The van der Waals surface area contributed by atoms with Crippen LogP contribution in [0.2, 0.25) is 0 Å². The summed E-state index contributed by atoms with van der Waals surface area (Å²) in [5.74, 6) is -4.75. The van der Waals surface area contributed by atoms with Crippen molar-refractivity contribution in [3.63, 3.8) is 0 Å². The second-order valence-electron chi connectivity index (χ2n) is 3.56. The molecule has 0 radical (unpaired) electrons. The summed E-state index contributed by atoms with van der Waals surface area (Å²) in [6.07, 6.45) is 0. The van der Waals surface area contributed by atoms with Gasteiger partial charge < -0.3 is 31.3 Å². The van der Waals surface area contributed by atoms with E-state index in [9.17, 15) is 14.4 Å². The Morgan fingerprint density at radius 1 is 0.826 bits per heavy atom. The number of aliphatic carboxylic acids is 5. The molecule has 0 unspecified atom stereocenters. The molecular weight excluding hydrogens is 320 g/mol. The van der Waals surface area contributed by atoms with Gasteiger partial charge in [-0.1, -0.05) is 0 Å². The molecule has 0 spiro atoms. The molecule has 23 heavy (non-hydrogen) atoms. The minimum absolute atomic E-state index is 0.313. The van der Waals surface area contributed by atoms with E-state index in [1.54, 1.807) is 0 Å². The first-order chi connectivity index (χ1) is 10.2. The van der Waals surface area contributed by atoms with Gasteiger partial charge in [-0.15, -0.1) is 0 Å². The Morgan fingerprint density at radius 2 is 1.00 bits per heavy atom. The van der Waals surface area contributed by atoms with Crippen LogP contribution >= 0.6 is 0 Å². The largest absolute Gasteiger partial charge is 0.481 e. The molecule has 0 aliphatic carbocycles. The van der Waals surface area contributed by atoms with Crippen LogP contribution in [-0.4, -0.2) is 74.5 Å². The van der Waals surface area contributed by atoms with Gasteiger partial charge in [-0.25, -0.2) is 0 Å². The van der Waals surface area contributed by atoms with Crippen molar-refractivity contribution in [1.82, 2.24) is 5.32 Å². The summed E-state index contributed by atoms with van der Waals surface area (Å²) in [4.78, 5) is 47.0. The lowest BCUT2D eigenvalue weighted by Crippen LogP contribution is -2.27. The van der Waals surface area contributed by atoms with Gasteiger partial charge in [0.05, 0.1) is 13.1 Å². The van der Waals surface area contributed by atoms with Gasteiger partial charge in [-0.05, 0) is 6.92 Å². The molecule has 0 saturated carbocycles. The van der Waals surface area contributed by atoms with Crippen molar-refractivity contribution in [1.29, 1.82) is 0 Å². The smallest absolute Gasteiger partial charge is 0.320 e. The fraction of sp³-hybridized carbons (Fsp3) is 0.545. The minimum atomic E-state index is -1.06. The third kappa shape index (κ3) is 109. The molecule has 12 heteroatoms. The molecule has 0 amide bonds. The van der Waals surface area contributed by atoms with Crippen LogP contribution in [0, 0.1) is 0 Å². The molecular formula is C11H22N2O10. The van der Waals surface area contributed by atoms with Gasteiger partial charge in [0.1, 0.15) is 6.04 Å². The van der Waals surface area contributed by atoms with E-state index in [0.29, 0.717) is 0 Å². The number of hydrogen-bond acceptors (Lipinski definition) is 7. The summed E-state index contributed by atoms with van der Waals surface area (Å²) >= 11 is 0. The van der Waals surface area contributed by atoms with Crippen LogP contribution < -0.4 is 11.1 Å². The number of hydrogen-bond donors (Lipinski definition) is 7. The van der Waals surface area contributed by atoms with Crippen molar-refractivity contribution in [3.05, 3.63) is 0 Å². The predicted molar refractivity (Wildman–Crippen MR) is 76.0 cm³/mol. The number of nitrogens with one attached hydrogen (secondary N) is 1. The zero-order chi connectivity index (χ0) is 19.6. The molecule has 0 aromatic carbocycles. The molecule has 0 bridgehead atoms. The highest BCUT2D eigenvalue weighted by Crippen LogP contribution is 1.68. The Bertz CT molecular complexity index is 347. The fourth-order valence-electron chi connectivity index (χ4n) is 0.276. The van der Waals surface area contributed by atoms with E-state index >= 15 is 0 Å². The maximum Gasteiger partial charge on any atom is 0.320 e. The molecule has 0 fully saturated rings. The third-order valence-electron chi connectivity index (χ3n) is 0.942. The quantitative estimate of drug-likeness (QED) is 0.298. The van der Waals surface area contributed by atoms with Crippen LogP contribution in [0.15, 0.2) is 0 Å². The number of carboxylic acid groups (broad SMARTS) is 5. The van der Waals surface area contributed by atoms with Gasteiger partial charge in [-0.2, -0.15) is 0 Å². The lowest BCUT2D eigenvalue weighted by molar-refractivity contribution is -0.139. The number of nitrogens with two attached hydrogens (primary N) is 1. The first kappa shape index (κ1) is 28.4. The number of carbonyl (C=O) groups is 5. The van der Waals surface area contributed by atoms with Crippen molar-refractivity contribution < 1.29 is 49.5 Å². The molecule has 0 aliphatic heterocycles. The summed E-state index contributed by atoms with van der Waals surface area (Å²) in [6, 6.07) is -0.731. The Balaban J connectivity index is -0.000000112.